The number of phenolic OH excluding ortho intramolecular Hbond substituents is 2. The fourth-order valence-electron chi connectivity index (χ4n) is 1.77. The summed E-state index contributed by atoms with van der Waals surface area (Å²) in [7, 11) is 0. The summed E-state index contributed by atoms with van der Waals surface area (Å²) in [5, 5.41) is 24.9. The van der Waals surface area contributed by atoms with E-state index in [1.165, 1.54) is 18.5 Å². The highest BCUT2D eigenvalue weighted by Gasteiger charge is 2.14. The second-order valence-corrected chi connectivity index (χ2v) is 4.52. The summed E-state index contributed by atoms with van der Waals surface area (Å²) >= 11 is 0. The molecule has 0 spiro atoms. The van der Waals surface area contributed by atoms with Crippen LogP contribution in [-0.4, -0.2) is 38.8 Å². The van der Waals surface area contributed by atoms with Crippen LogP contribution in [0.15, 0.2) is 29.1 Å². The number of phenols is 2. The van der Waals surface area contributed by atoms with Crippen molar-refractivity contribution >= 4 is 5.91 Å². The lowest BCUT2D eigenvalue weighted by Crippen LogP contribution is -2.42. The van der Waals surface area contributed by atoms with Gasteiger partial charge < -0.3 is 25.8 Å². The number of nitrogens with one attached hydrogen (secondary N) is 1. The third kappa shape index (κ3) is 4.18. The van der Waals surface area contributed by atoms with E-state index in [0.717, 1.165) is 0 Å². The summed E-state index contributed by atoms with van der Waals surface area (Å²) < 4.78 is 4.58. The zero-order chi connectivity index (χ0) is 15.2. The summed E-state index contributed by atoms with van der Waals surface area (Å²) in [6, 6.07) is 3.58. The van der Waals surface area contributed by atoms with Gasteiger partial charge in [0.2, 0.25) is 12.3 Å². The number of nitrogens with two attached hydrogens (primary N) is 1. The predicted octanol–water partition coefficient (Wildman–Crippen LogP) is -0.291. The first-order chi connectivity index (χ1) is 10.1. The molecule has 1 amide bonds. The van der Waals surface area contributed by atoms with Gasteiger partial charge in [0.25, 0.3) is 0 Å². The molecule has 0 aliphatic rings. The van der Waals surface area contributed by atoms with Crippen LogP contribution in [0.1, 0.15) is 11.4 Å². The van der Waals surface area contributed by atoms with Crippen LogP contribution in [0.2, 0.25) is 0 Å². The Labute approximate surface area is 120 Å². The fraction of sp³-hybridized carbons (Fsp3) is 0.308. The maximum atomic E-state index is 11.8. The molecule has 8 heteroatoms. The Hall–Kier alpha value is -2.61. The summed E-state index contributed by atoms with van der Waals surface area (Å²) in [6.45, 7) is 0.354. The molecule has 0 saturated carbocycles. The van der Waals surface area contributed by atoms with Crippen molar-refractivity contribution in [2.75, 3.05) is 6.54 Å². The average Bonchev–Trinajstić information content (AvgIpc) is 2.96. The van der Waals surface area contributed by atoms with E-state index in [9.17, 15) is 15.0 Å². The maximum absolute atomic E-state index is 11.8. The number of rotatable bonds is 6. The molecule has 2 rings (SSSR count). The minimum absolute atomic E-state index is 0.211. The van der Waals surface area contributed by atoms with E-state index in [4.69, 9.17) is 5.73 Å². The highest BCUT2D eigenvalue weighted by Crippen LogP contribution is 2.25. The summed E-state index contributed by atoms with van der Waals surface area (Å²) in [5.74, 6) is -0.257. The number of carbonyl (C=O) groups is 1. The number of hydrogen-bond acceptors (Lipinski definition) is 7. The van der Waals surface area contributed by atoms with Crippen molar-refractivity contribution in [2.24, 2.45) is 5.73 Å². The first-order valence-electron chi connectivity index (χ1n) is 6.35. The second kappa shape index (κ2) is 6.71. The van der Waals surface area contributed by atoms with Crippen LogP contribution >= 0.6 is 0 Å². The third-order valence-corrected chi connectivity index (χ3v) is 2.89. The molecule has 1 heterocycles. The molecule has 1 aromatic heterocycles. The van der Waals surface area contributed by atoms with E-state index < -0.39 is 6.04 Å². The van der Waals surface area contributed by atoms with Gasteiger partial charge in [-0.25, -0.2) is 0 Å². The molecule has 0 bridgehead atoms. The molecule has 21 heavy (non-hydrogen) atoms. The number of nitrogens with zero attached hydrogens (tertiary/aromatic N) is 2. The number of hydrogen-bond donors (Lipinski definition) is 4. The van der Waals surface area contributed by atoms with Crippen molar-refractivity contribution in [1.82, 2.24) is 15.5 Å². The highest BCUT2D eigenvalue weighted by atomic mass is 16.5. The van der Waals surface area contributed by atoms with Gasteiger partial charge >= 0.3 is 0 Å². The highest BCUT2D eigenvalue weighted by molar-refractivity contribution is 5.81. The molecular formula is C13H16N4O4. The van der Waals surface area contributed by atoms with Crippen molar-refractivity contribution in [3.05, 3.63) is 36.0 Å². The van der Waals surface area contributed by atoms with Crippen LogP contribution in [0.5, 0.6) is 11.5 Å². The van der Waals surface area contributed by atoms with Crippen LogP contribution in [0.25, 0.3) is 0 Å². The fourth-order valence-corrected chi connectivity index (χ4v) is 1.77. The quantitative estimate of drug-likeness (QED) is 0.537. The summed E-state index contributed by atoms with van der Waals surface area (Å²) in [4.78, 5) is 15.6. The molecular weight excluding hydrogens is 276 g/mol. The van der Waals surface area contributed by atoms with Crippen molar-refractivity contribution < 1.29 is 19.5 Å². The third-order valence-electron chi connectivity index (χ3n) is 2.89. The normalized spacial score (nSPS) is 12.0. The predicted molar refractivity (Wildman–Crippen MR) is 72.5 cm³/mol. The van der Waals surface area contributed by atoms with Crippen molar-refractivity contribution in [3.63, 3.8) is 0 Å². The van der Waals surface area contributed by atoms with Gasteiger partial charge in [0.1, 0.15) is 0 Å². The summed E-state index contributed by atoms with van der Waals surface area (Å²) in [5.41, 5.74) is 6.45. The van der Waals surface area contributed by atoms with Gasteiger partial charge in [-0.05, 0) is 24.1 Å². The lowest BCUT2D eigenvalue weighted by Gasteiger charge is -2.12. The van der Waals surface area contributed by atoms with E-state index in [2.05, 4.69) is 20.0 Å². The van der Waals surface area contributed by atoms with Crippen LogP contribution in [0.4, 0.5) is 0 Å². The Morgan fingerprint density at radius 2 is 2.19 bits per heavy atom. The maximum Gasteiger partial charge on any atom is 0.237 e. The molecule has 5 N–H and O–H groups in total. The van der Waals surface area contributed by atoms with E-state index in [0.29, 0.717) is 24.4 Å². The molecule has 0 fully saturated rings. The Bertz CT molecular complexity index is 600. The van der Waals surface area contributed by atoms with Gasteiger partial charge in [-0.1, -0.05) is 11.2 Å². The molecule has 0 unspecified atom stereocenters. The van der Waals surface area contributed by atoms with Crippen molar-refractivity contribution in [2.45, 2.75) is 18.9 Å². The SMILES string of the molecule is N[C@@H](Cc1ccc(O)c(O)c1)C(=O)NCCc1ncon1. The standard InChI is InChI=1S/C13H16N4O4/c14-9(5-8-1-2-10(18)11(19)6-8)13(20)15-4-3-12-16-7-21-17-12/h1-2,6-7,9,18-19H,3-5,14H2,(H,15,20)/t9-/m0/s1. The number of aromatic hydroxyl groups is 2. The first-order valence-corrected chi connectivity index (χ1v) is 6.35. The molecule has 1 atom stereocenters. The van der Waals surface area contributed by atoms with Crippen LogP contribution in [0, 0.1) is 0 Å². The van der Waals surface area contributed by atoms with Gasteiger partial charge in [-0.3, -0.25) is 4.79 Å². The molecule has 0 aliphatic carbocycles. The number of aromatic nitrogens is 2. The number of amides is 1. The molecule has 0 aliphatic heterocycles. The zero-order valence-corrected chi connectivity index (χ0v) is 11.2. The van der Waals surface area contributed by atoms with E-state index in [-0.39, 0.29) is 23.8 Å². The lowest BCUT2D eigenvalue weighted by molar-refractivity contribution is -0.122. The van der Waals surface area contributed by atoms with Gasteiger partial charge in [-0.2, -0.15) is 4.98 Å². The van der Waals surface area contributed by atoms with E-state index >= 15 is 0 Å². The van der Waals surface area contributed by atoms with E-state index in [1.54, 1.807) is 6.07 Å². The lowest BCUT2D eigenvalue weighted by atomic mass is 10.1. The monoisotopic (exact) mass is 292 g/mol. The number of carbonyl (C=O) groups excluding carboxylic acids is 1. The molecule has 8 nitrogen and oxygen atoms in total. The van der Waals surface area contributed by atoms with Crippen LogP contribution < -0.4 is 11.1 Å². The minimum Gasteiger partial charge on any atom is -0.504 e. The van der Waals surface area contributed by atoms with Gasteiger partial charge in [0.15, 0.2) is 17.3 Å². The number of benzene rings is 1. The average molecular weight is 292 g/mol. The Kier molecular flexibility index (Phi) is 4.72. The van der Waals surface area contributed by atoms with Gasteiger partial charge in [0, 0.05) is 13.0 Å². The second-order valence-electron chi connectivity index (χ2n) is 4.52. The molecule has 112 valence electrons. The van der Waals surface area contributed by atoms with Crippen LogP contribution in [-0.2, 0) is 17.6 Å². The first kappa shape index (κ1) is 14.8. The molecule has 2 aromatic rings. The summed E-state index contributed by atoms with van der Waals surface area (Å²) in [6.07, 6.45) is 1.93. The molecule has 0 radical (unpaired) electrons. The Balaban J connectivity index is 1.80. The molecule has 0 saturated heterocycles. The molecule has 1 aromatic carbocycles. The smallest absolute Gasteiger partial charge is 0.237 e. The van der Waals surface area contributed by atoms with Gasteiger partial charge in [0.05, 0.1) is 6.04 Å². The van der Waals surface area contributed by atoms with Crippen LogP contribution in [0.3, 0.4) is 0 Å². The zero-order valence-electron chi connectivity index (χ0n) is 11.2. The van der Waals surface area contributed by atoms with E-state index in [1.807, 2.05) is 0 Å². The van der Waals surface area contributed by atoms with Crippen molar-refractivity contribution in [3.8, 4) is 11.5 Å². The minimum atomic E-state index is -0.751. The largest absolute Gasteiger partial charge is 0.504 e. The Morgan fingerprint density at radius 1 is 1.38 bits per heavy atom. The van der Waals surface area contributed by atoms with Crippen molar-refractivity contribution in [1.29, 1.82) is 0 Å². The van der Waals surface area contributed by atoms with Gasteiger partial charge in [-0.15, -0.1) is 0 Å². The topological polar surface area (TPSA) is 134 Å². The Morgan fingerprint density at radius 3 is 2.86 bits per heavy atom.